The van der Waals surface area contributed by atoms with Crippen molar-refractivity contribution in [2.45, 2.75) is 32.4 Å². The third-order valence-electron chi connectivity index (χ3n) is 8.68. The first kappa shape index (κ1) is 31.8. The van der Waals surface area contributed by atoms with Crippen molar-refractivity contribution in [2.24, 2.45) is 7.05 Å². The van der Waals surface area contributed by atoms with Gasteiger partial charge >= 0.3 is 5.97 Å². The Morgan fingerprint density at radius 1 is 1.13 bits per heavy atom. The fraction of sp³-hybridized carbons (Fsp3) is 0.294. The summed E-state index contributed by atoms with van der Waals surface area (Å²) in [7, 11) is 2.74. The number of aryl methyl sites for hydroxylation is 2. The topological polar surface area (TPSA) is 107 Å². The van der Waals surface area contributed by atoms with Crippen molar-refractivity contribution < 1.29 is 32.2 Å². The van der Waals surface area contributed by atoms with Crippen LogP contribution in [0.4, 0.5) is 18.9 Å². The highest BCUT2D eigenvalue weighted by atomic mass is 19.1. The maximum Gasteiger partial charge on any atom is 0.328 e. The molecule has 1 amide bonds. The number of aromatic nitrogens is 3. The van der Waals surface area contributed by atoms with Crippen molar-refractivity contribution >= 4 is 34.1 Å². The number of halogens is 3. The van der Waals surface area contributed by atoms with Crippen molar-refractivity contribution in [3.05, 3.63) is 99.5 Å². The van der Waals surface area contributed by atoms with Crippen LogP contribution in [0.15, 0.2) is 59.7 Å². The van der Waals surface area contributed by atoms with Crippen molar-refractivity contribution in [3.63, 3.8) is 0 Å². The molecular formula is C34H32F3N5O5. The van der Waals surface area contributed by atoms with Crippen LogP contribution in [0.3, 0.4) is 0 Å². The molecule has 0 aliphatic carbocycles. The lowest BCUT2D eigenvalue weighted by Gasteiger charge is -2.35. The summed E-state index contributed by atoms with van der Waals surface area (Å²) in [5.41, 5.74) is 1.94. The zero-order valence-corrected chi connectivity index (χ0v) is 26.1. The number of anilines is 1. The smallest absolute Gasteiger partial charge is 0.328 e. The van der Waals surface area contributed by atoms with E-state index >= 15 is 8.78 Å². The molecule has 13 heteroatoms. The number of nitrogens with zero attached hydrogens (tertiary/aromatic N) is 4. The number of ether oxygens (including phenoxy) is 2. The number of imidazole rings is 1. The van der Waals surface area contributed by atoms with Crippen LogP contribution in [0, 0.1) is 24.4 Å². The minimum absolute atomic E-state index is 0.117. The van der Waals surface area contributed by atoms with E-state index in [9.17, 15) is 18.8 Å². The number of esters is 1. The Kier molecular flexibility index (Phi) is 8.49. The maximum atomic E-state index is 15.3. The van der Waals surface area contributed by atoms with Gasteiger partial charge in [-0.3, -0.25) is 9.59 Å². The number of methoxy groups -OCH3 is 1. The fourth-order valence-electron chi connectivity index (χ4n) is 6.25. The van der Waals surface area contributed by atoms with Crippen LogP contribution < -0.4 is 15.8 Å². The summed E-state index contributed by atoms with van der Waals surface area (Å²) in [6.07, 6.45) is 2.99. The quantitative estimate of drug-likeness (QED) is 0.263. The Bertz CT molecular complexity index is 2090. The maximum absolute atomic E-state index is 15.3. The van der Waals surface area contributed by atoms with Crippen molar-refractivity contribution in [3.8, 4) is 11.1 Å². The van der Waals surface area contributed by atoms with Crippen LogP contribution in [-0.2, 0) is 27.7 Å². The van der Waals surface area contributed by atoms with Gasteiger partial charge < -0.3 is 28.7 Å². The molecule has 5 aromatic rings. The van der Waals surface area contributed by atoms with Gasteiger partial charge in [-0.25, -0.2) is 22.9 Å². The van der Waals surface area contributed by atoms with Crippen LogP contribution in [0.2, 0.25) is 0 Å². The Hall–Kier alpha value is -5.17. The number of rotatable bonds is 7. The monoisotopic (exact) mass is 647 g/mol. The third kappa shape index (κ3) is 5.71. The Labute approximate surface area is 267 Å². The summed E-state index contributed by atoms with van der Waals surface area (Å²) in [4.78, 5) is 45.9. The summed E-state index contributed by atoms with van der Waals surface area (Å²) < 4.78 is 58.1. The zero-order valence-electron chi connectivity index (χ0n) is 26.1. The molecule has 6 rings (SSSR count). The second-order valence-corrected chi connectivity index (χ2v) is 11.5. The summed E-state index contributed by atoms with van der Waals surface area (Å²) in [6.45, 7) is 4.84. The van der Waals surface area contributed by atoms with E-state index in [-0.39, 0.29) is 23.7 Å². The van der Waals surface area contributed by atoms with Gasteiger partial charge in [0.05, 0.1) is 31.4 Å². The molecule has 0 unspecified atom stereocenters. The number of fused-ring (bicyclic) bond motifs is 2. The lowest BCUT2D eigenvalue weighted by Crippen LogP contribution is -2.44. The molecule has 0 radical (unpaired) electrons. The summed E-state index contributed by atoms with van der Waals surface area (Å²) >= 11 is 0. The first-order valence-corrected chi connectivity index (χ1v) is 15.0. The van der Waals surface area contributed by atoms with Crippen LogP contribution in [0.5, 0.6) is 0 Å². The lowest BCUT2D eigenvalue weighted by molar-refractivity contribution is -0.142. The molecule has 244 valence electrons. The van der Waals surface area contributed by atoms with E-state index in [2.05, 4.69) is 10.3 Å². The van der Waals surface area contributed by atoms with E-state index in [1.807, 2.05) is 6.92 Å². The molecule has 3 aromatic heterocycles. The number of hydrogen-bond donors (Lipinski definition) is 1. The van der Waals surface area contributed by atoms with Gasteiger partial charge in [0.1, 0.15) is 34.7 Å². The molecule has 2 atom stereocenters. The van der Waals surface area contributed by atoms with Gasteiger partial charge in [0.25, 0.3) is 11.5 Å². The van der Waals surface area contributed by atoms with Gasteiger partial charge in [0, 0.05) is 60.8 Å². The molecule has 1 N–H and O–H groups in total. The van der Waals surface area contributed by atoms with Gasteiger partial charge in [-0.05, 0) is 61.9 Å². The van der Waals surface area contributed by atoms with Gasteiger partial charge in [0.15, 0.2) is 0 Å². The number of morpholine rings is 1. The van der Waals surface area contributed by atoms with Gasteiger partial charge in [0.2, 0.25) is 0 Å². The lowest BCUT2D eigenvalue weighted by atomic mass is 9.98. The average Bonchev–Trinajstić information content (AvgIpc) is 3.54. The van der Waals surface area contributed by atoms with Crippen molar-refractivity contribution in [1.29, 1.82) is 0 Å². The number of benzene rings is 2. The van der Waals surface area contributed by atoms with E-state index in [0.717, 1.165) is 19.2 Å². The third-order valence-corrected chi connectivity index (χ3v) is 8.68. The molecule has 1 aliphatic heterocycles. The van der Waals surface area contributed by atoms with Gasteiger partial charge in [-0.1, -0.05) is 0 Å². The predicted octanol–water partition coefficient (Wildman–Crippen LogP) is 4.32. The summed E-state index contributed by atoms with van der Waals surface area (Å²) in [5.74, 6) is -4.55. The van der Waals surface area contributed by atoms with Crippen LogP contribution in [-0.4, -0.2) is 64.8 Å². The Morgan fingerprint density at radius 3 is 2.57 bits per heavy atom. The molecule has 1 fully saturated rings. The highest BCUT2D eigenvalue weighted by molar-refractivity contribution is 5.98. The average molecular weight is 648 g/mol. The second kappa shape index (κ2) is 12.6. The van der Waals surface area contributed by atoms with Gasteiger partial charge in [-0.15, -0.1) is 0 Å². The number of hydrogen-bond acceptors (Lipinski definition) is 7. The van der Waals surface area contributed by atoms with Crippen molar-refractivity contribution in [1.82, 2.24) is 19.3 Å². The molecule has 4 heterocycles. The number of pyridine rings is 2. The number of carbonyl (C=O) groups is 2. The minimum atomic E-state index is -1.33. The first-order chi connectivity index (χ1) is 22.5. The minimum Gasteiger partial charge on any atom is -0.467 e. The SMILES string of the molecule is COC(=O)[C@H](Cc1ccc(-c2c(C)c3cc(F)ccc3n(C)c2=O)c2nccn12)NC(=O)c1c(F)cc(N2CCOC[C@H]2C)cc1F. The van der Waals surface area contributed by atoms with E-state index in [0.29, 0.717) is 58.7 Å². The molecule has 0 bridgehead atoms. The largest absolute Gasteiger partial charge is 0.467 e. The standard InChI is InChI=1S/C34H32F3N5O5/c1-18-17-47-12-11-41(18)22-14-25(36)30(26(37)15-22)32(43)39-27(34(45)46-4)16-21-6-7-23(31-38-9-10-42(21)31)29-19(2)24-13-20(35)5-8-28(24)40(3)33(29)44/h5-10,13-15,18,27H,11-12,16-17H2,1-4H3,(H,39,43)/t18-,27+/m1/s1. The normalized spacial score (nSPS) is 15.6. The predicted molar refractivity (Wildman–Crippen MR) is 169 cm³/mol. The highest BCUT2D eigenvalue weighted by Gasteiger charge is 2.29. The number of carbonyl (C=O) groups excluding carboxylic acids is 2. The molecule has 0 spiro atoms. The summed E-state index contributed by atoms with van der Waals surface area (Å²) in [5, 5.41) is 2.99. The van der Waals surface area contributed by atoms with Crippen LogP contribution in [0.1, 0.15) is 28.5 Å². The van der Waals surface area contributed by atoms with Crippen molar-refractivity contribution in [2.75, 3.05) is 31.8 Å². The Morgan fingerprint density at radius 2 is 1.87 bits per heavy atom. The van der Waals surface area contributed by atoms with Crippen LogP contribution >= 0.6 is 0 Å². The molecule has 1 aliphatic rings. The van der Waals surface area contributed by atoms with Crippen LogP contribution in [0.25, 0.3) is 27.7 Å². The highest BCUT2D eigenvalue weighted by Crippen LogP contribution is 2.31. The number of amides is 1. The molecule has 10 nitrogen and oxygen atoms in total. The van der Waals surface area contributed by atoms with E-state index in [4.69, 9.17) is 9.47 Å². The summed E-state index contributed by atoms with van der Waals surface area (Å²) in [6, 6.07) is 8.26. The first-order valence-electron chi connectivity index (χ1n) is 15.0. The molecule has 1 saturated heterocycles. The van der Waals surface area contributed by atoms with E-state index < -0.39 is 40.9 Å². The van der Waals surface area contributed by atoms with Gasteiger partial charge in [-0.2, -0.15) is 0 Å². The second-order valence-electron chi connectivity index (χ2n) is 11.5. The molecule has 47 heavy (non-hydrogen) atoms. The van der Waals surface area contributed by atoms with E-state index in [1.165, 1.54) is 22.9 Å². The molecular weight excluding hydrogens is 615 g/mol. The van der Waals surface area contributed by atoms with E-state index in [1.54, 1.807) is 47.7 Å². The zero-order chi connectivity index (χ0) is 33.6. The molecule has 0 saturated carbocycles. The Balaban J connectivity index is 1.33. The fourth-order valence-corrected chi connectivity index (χ4v) is 6.25. The number of nitrogens with one attached hydrogen (secondary N) is 1. The molecule has 2 aromatic carbocycles.